The molecule has 714 valence electrons. The highest BCUT2D eigenvalue weighted by Crippen LogP contribution is 2.32. The average molecular weight is 1850 g/mol. The van der Waals surface area contributed by atoms with E-state index in [1.165, 1.54) is 41.0 Å². The molecule has 0 amide bonds. The summed E-state index contributed by atoms with van der Waals surface area (Å²) in [6.07, 6.45) is 4.88. The molecule has 2 aliphatic heterocycles. The molecule has 4 aromatic carbocycles. The summed E-state index contributed by atoms with van der Waals surface area (Å²) < 4.78 is 71.9. The number of nitrogens with zero attached hydrogens (tertiary/aromatic N) is 20. The summed E-state index contributed by atoms with van der Waals surface area (Å²) in [6.45, 7) is 22.4. The maximum atomic E-state index is 12.6. The van der Waals surface area contributed by atoms with Crippen molar-refractivity contribution < 1.29 is 66.4 Å². The van der Waals surface area contributed by atoms with Crippen LogP contribution in [0.2, 0.25) is 0 Å². The largest absolute Gasteiger partial charge is 0.516 e. The fourth-order valence-corrected chi connectivity index (χ4v) is 14.7. The van der Waals surface area contributed by atoms with Gasteiger partial charge in [0.1, 0.15) is 43.6 Å². The topological polar surface area (TPSA) is 500 Å². The van der Waals surface area contributed by atoms with Gasteiger partial charge < -0.3 is 104 Å². The number of carbonyl (C=O) groups is 2. The van der Waals surface area contributed by atoms with Crippen molar-refractivity contribution in [1.29, 1.82) is 0 Å². The van der Waals surface area contributed by atoms with Crippen LogP contribution in [0, 0.1) is 6.92 Å². The van der Waals surface area contributed by atoms with Crippen molar-refractivity contribution in [3.8, 4) is 36.1 Å². The number of aryl methyl sites for hydroxylation is 1. The van der Waals surface area contributed by atoms with Crippen molar-refractivity contribution in [2.45, 2.75) is 118 Å². The molecule has 135 heavy (non-hydrogen) atoms. The predicted octanol–water partition coefficient (Wildman–Crippen LogP) is 9.33. The lowest BCUT2D eigenvalue weighted by Crippen LogP contribution is -2.43. The first-order valence-electron chi connectivity index (χ1n) is 44.3. The van der Waals surface area contributed by atoms with Crippen LogP contribution in [0.25, 0.3) is 44.7 Å². The Kier molecular flexibility index (Phi) is 35.0. The van der Waals surface area contributed by atoms with E-state index in [1.807, 2.05) is 90.4 Å². The van der Waals surface area contributed by atoms with Crippen molar-refractivity contribution in [3.05, 3.63) is 217 Å². The Balaban J connectivity index is 0.000000153. The summed E-state index contributed by atoms with van der Waals surface area (Å²) in [5.41, 5.74) is 35.8. The zero-order valence-electron chi connectivity index (χ0n) is 77.5. The van der Waals surface area contributed by atoms with Gasteiger partial charge in [0, 0.05) is 92.7 Å². The zero-order chi connectivity index (χ0) is 95.3. The van der Waals surface area contributed by atoms with Gasteiger partial charge in [0.25, 0.3) is 5.56 Å². The molecule has 12 heterocycles. The van der Waals surface area contributed by atoms with E-state index >= 15 is 0 Å². The van der Waals surface area contributed by atoms with E-state index in [1.54, 1.807) is 88.3 Å². The third kappa shape index (κ3) is 27.8. The molecule has 0 saturated carbocycles. The third-order valence-electron chi connectivity index (χ3n) is 21.2. The summed E-state index contributed by atoms with van der Waals surface area (Å²) in [4.78, 5) is 111. The summed E-state index contributed by atoms with van der Waals surface area (Å²) in [5.74, 6) is 2.31. The Morgan fingerprint density at radius 2 is 0.815 bits per heavy atom. The molecule has 2 aliphatic rings. The van der Waals surface area contributed by atoms with Gasteiger partial charge in [-0.25, -0.2) is 24.4 Å². The summed E-state index contributed by atoms with van der Waals surface area (Å²) in [5, 5.41) is 3.33. The first kappa shape index (κ1) is 98.0. The molecule has 0 spiro atoms. The monoisotopic (exact) mass is 1850 g/mol. The third-order valence-corrected chi connectivity index (χ3v) is 21.2. The molecule has 16 rings (SSSR count). The number of nitrogens with one attached hydrogen (secondary N) is 2. The number of hydrogen-bond donors (Lipinski definition) is 6. The van der Waals surface area contributed by atoms with Crippen LogP contribution >= 0.6 is 0 Å². The number of ether oxygens (including phenoxy) is 12. The molecule has 0 unspecified atom stereocenters. The number of methoxy groups -OCH3 is 4. The second-order valence-corrected chi connectivity index (χ2v) is 32.3. The number of pyridine rings is 2. The van der Waals surface area contributed by atoms with E-state index in [0.29, 0.717) is 116 Å². The number of hydrogen-bond acceptors (Lipinski definition) is 36. The molecule has 14 aromatic rings. The summed E-state index contributed by atoms with van der Waals surface area (Å²) in [7, 11) is 8.48. The molecular formula is C93H116N26O16. The fraction of sp³-hybridized carbons (Fsp3) is 0.398. The van der Waals surface area contributed by atoms with Crippen LogP contribution in [0.5, 0.6) is 36.1 Å². The minimum absolute atomic E-state index is 0.0140. The number of nitrogens with two attached hydrogens (primary N) is 4. The lowest BCUT2D eigenvalue weighted by atomic mass is 10.1. The number of benzene rings is 4. The lowest BCUT2D eigenvalue weighted by Gasteiger charge is -2.32. The van der Waals surface area contributed by atoms with Crippen LogP contribution in [-0.2, 0) is 80.8 Å². The normalized spacial score (nSPS) is 13.0. The number of fused-ring (bicyclic) bond motifs is 4. The number of anilines is 5. The average Bonchev–Trinajstić information content (AvgIpc) is 1.70. The highest BCUT2D eigenvalue weighted by Gasteiger charge is 2.27. The predicted molar refractivity (Wildman–Crippen MR) is 506 cm³/mol. The van der Waals surface area contributed by atoms with E-state index < -0.39 is 12.3 Å². The number of likely N-dealkylation sites (tertiary alicyclic amines) is 1. The van der Waals surface area contributed by atoms with Crippen molar-refractivity contribution >= 4 is 86.1 Å². The summed E-state index contributed by atoms with van der Waals surface area (Å²) in [6, 6.07) is 44.0. The SMILES string of the molecule is COCCOc1nc(N)c2[nH]c(=O)n(Cc3cccc(Cn4ccccc4=O)c3)c2n1.COCCOc1nc(N)c2nc(C)n(Cc3cccc(CNc4ccccn4)c3)c2n1.COCCOc1nc(N)c2nc(OC(=O)OC(C)C)n(Cc3cccc(CN4CCCCC4)c3)c2n1.COCCOc1nc(N)c2nc(OC(=O)OC(C)C)n(Cc3cccc(CN4CCN(C)CC4)c3)c2n1. The van der Waals surface area contributed by atoms with E-state index in [0.717, 1.165) is 97.4 Å². The van der Waals surface area contributed by atoms with E-state index in [4.69, 9.17) is 79.8 Å². The molecule has 0 aliphatic carbocycles. The van der Waals surface area contributed by atoms with Gasteiger partial charge in [0.2, 0.25) is 0 Å². The maximum Gasteiger partial charge on any atom is 0.516 e. The highest BCUT2D eigenvalue weighted by atomic mass is 16.7. The smallest absolute Gasteiger partial charge is 0.461 e. The van der Waals surface area contributed by atoms with Crippen LogP contribution in [0.1, 0.15) is 97.3 Å². The fourth-order valence-electron chi connectivity index (χ4n) is 14.7. The Morgan fingerprint density at radius 3 is 1.27 bits per heavy atom. The molecule has 0 bridgehead atoms. The van der Waals surface area contributed by atoms with Gasteiger partial charge in [-0.1, -0.05) is 116 Å². The number of aromatic nitrogens is 18. The van der Waals surface area contributed by atoms with Gasteiger partial charge in [0.05, 0.1) is 71.4 Å². The van der Waals surface area contributed by atoms with Gasteiger partial charge in [-0.05, 0) is 130 Å². The number of imidazole rings is 4. The first-order chi connectivity index (χ1) is 65.4. The number of aromatic amines is 1. The number of likely N-dealkylation sites (N-methyl/N-ethyl adjacent to an activating group) is 1. The van der Waals surface area contributed by atoms with Crippen LogP contribution < -0.4 is 67.9 Å². The van der Waals surface area contributed by atoms with E-state index in [2.05, 4.69) is 134 Å². The second-order valence-electron chi connectivity index (χ2n) is 32.3. The molecule has 42 nitrogen and oxygen atoms in total. The van der Waals surface area contributed by atoms with Gasteiger partial charge in [-0.3, -0.25) is 28.3 Å². The lowest BCUT2D eigenvalue weighted by molar-refractivity contribution is 0.0679. The van der Waals surface area contributed by atoms with E-state index in [-0.39, 0.29) is 103 Å². The van der Waals surface area contributed by atoms with Crippen molar-refractivity contribution in [1.82, 2.24) is 102 Å². The Bertz CT molecular complexity index is 6390. The minimum Gasteiger partial charge on any atom is -0.461 e. The van der Waals surface area contributed by atoms with Crippen molar-refractivity contribution in [2.75, 3.05) is 156 Å². The number of carbonyl (C=O) groups excluding carboxylic acids is 2. The second kappa shape index (κ2) is 48.2. The number of piperazine rings is 1. The molecule has 0 atom stereocenters. The minimum atomic E-state index is -0.863. The van der Waals surface area contributed by atoms with E-state index in [9.17, 15) is 19.2 Å². The number of nitrogen functional groups attached to an aromatic ring is 4. The quantitative estimate of drug-likeness (QED) is 0.0156. The van der Waals surface area contributed by atoms with Crippen molar-refractivity contribution in [2.24, 2.45) is 0 Å². The molecule has 42 heteroatoms. The van der Waals surface area contributed by atoms with Gasteiger partial charge >= 0.3 is 54.1 Å². The standard InChI is InChI=1S/C25H35N7O5.C25H34N6O5.C22H25N7O2.C21H22N6O4/c1-17(2)36-25(33)37-24-27-20-21(26)28-23(35-13-12-34-4)29-22(20)32(24)16-19-7-5-6-18(14-19)15-31-10-8-30(3)9-11-31;1-17(2)35-25(32)36-24-27-20-21(26)28-23(34-13-12-33-3)29-22(20)31(24)16-19-9-7-8-18(14-19)15-30-10-5-4-6-11-30;1-15-26-19-20(23)27-22(31-11-10-30-2)28-21(19)29(15)14-17-7-5-6-16(12-17)13-25-18-8-3-4-9-24-18;1-30-9-10-31-20-24-18(22)17-19(25-20)27(21(29)23-17)13-15-6-4-5-14(11-15)12-26-8-3-2-7-16(26)28/h5-7,14,17H,8-13,15-16H2,1-4H3,(H2,26,28,29);7-9,14,17H,4-6,10-13,15-16H2,1-3H3,(H2,26,28,29);3-9,12H,10-11,13-14H2,1-2H3,(H,24,25)(H2,23,27,28);2-8,11H,9-10,12-13H2,1H3,(H,23,29)(H2,22,24,25). The Labute approximate surface area is 778 Å². The number of rotatable bonds is 37. The van der Waals surface area contributed by atoms with Gasteiger partial charge in [0.15, 0.2) is 62.4 Å². The van der Waals surface area contributed by atoms with Crippen LogP contribution in [0.3, 0.4) is 0 Å². The Hall–Kier alpha value is -14.6. The maximum absolute atomic E-state index is 12.6. The molecule has 10 N–H and O–H groups in total. The summed E-state index contributed by atoms with van der Waals surface area (Å²) >= 11 is 0. The molecule has 10 aromatic heterocycles. The van der Waals surface area contributed by atoms with Crippen LogP contribution in [-0.4, -0.2) is 254 Å². The molecule has 0 radical (unpaired) electrons. The molecule has 2 fully saturated rings. The van der Waals surface area contributed by atoms with Gasteiger partial charge in [-0.15, -0.1) is 0 Å². The molecular weight excluding hydrogens is 1740 g/mol. The van der Waals surface area contributed by atoms with Gasteiger partial charge in [-0.2, -0.15) is 49.8 Å². The zero-order valence-corrected chi connectivity index (χ0v) is 77.5. The number of piperidine rings is 1. The Morgan fingerprint density at radius 1 is 0.415 bits per heavy atom. The first-order valence-corrected chi connectivity index (χ1v) is 44.3. The van der Waals surface area contributed by atoms with Crippen LogP contribution in [0.4, 0.5) is 38.7 Å². The number of H-pyrrole nitrogens is 1. The highest BCUT2D eigenvalue weighted by molar-refractivity contribution is 5.86. The van der Waals surface area contributed by atoms with Crippen LogP contribution in [0.15, 0.2) is 155 Å². The van der Waals surface area contributed by atoms with Crippen molar-refractivity contribution in [3.63, 3.8) is 0 Å². The molecule has 2 saturated heterocycles.